The smallest absolute Gasteiger partial charge is 0.338 e. The highest BCUT2D eigenvalue weighted by Gasteiger charge is 2.17. The second-order valence-electron chi connectivity index (χ2n) is 4.10. The molecule has 0 heterocycles. The molecule has 0 radical (unpaired) electrons. The number of carboxylic acid groups (broad SMARTS) is 2. The van der Waals surface area contributed by atoms with E-state index in [4.69, 9.17) is 20.5 Å². The van der Waals surface area contributed by atoms with E-state index in [-0.39, 0.29) is 28.1 Å². The lowest BCUT2D eigenvalue weighted by Crippen LogP contribution is -2.10. The fourth-order valence-corrected chi connectivity index (χ4v) is 2.02. The summed E-state index contributed by atoms with van der Waals surface area (Å²) in [5, 5.41) is 17.5. The number of nitrogens with two attached hydrogens (primary N) is 1. The molecule has 1 aromatic carbocycles. The molecule has 0 aromatic heterocycles. The molecule has 9 heteroatoms. The molecule has 0 saturated heterocycles. The van der Waals surface area contributed by atoms with Crippen LogP contribution < -0.4 is 5.73 Å². The maximum atomic E-state index is 10.7. The van der Waals surface area contributed by atoms with Crippen LogP contribution in [0.5, 0.6) is 0 Å². The van der Waals surface area contributed by atoms with Gasteiger partial charge in [0.25, 0.3) is 10.1 Å². The number of rotatable bonds is 4. The zero-order valence-corrected chi connectivity index (χ0v) is 12.3. The molecule has 118 valence electrons. The Morgan fingerprint density at radius 2 is 1.71 bits per heavy atom. The van der Waals surface area contributed by atoms with Crippen molar-refractivity contribution in [3.8, 4) is 0 Å². The number of aromatic carboxylic acids is 2. The minimum Gasteiger partial charge on any atom is -0.478 e. The SMILES string of the molecule is CCCS(=O)(=O)O.Cc1c(C(=O)O)ccc(N)c1C(=O)O. The van der Waals surface area contributed by atoms with E-state index in [1.807, 2.05) is 0 Å². The van der Waals surface area contributed by atoms with Crippen molar-refractivity contribution in [2.45, 2.75) is 20.3 Å². The Hall–Kier alpha value is -2.13. The van der Waals surface area contributed by atoms with Crippen LogP contribution in [0.3, 0.4) is 0 Å². The topological polar surface area (TPSA) is 155 Å². The maximum Gasteiger partial charge on any atom is 0.338 e. The van der Waals surface area contributed by atoms with E-state index in [1.54, 1.807) is 6.92 Å². The van der Waals surface area contributed by atoms with Crippen molar-refractivity contribution >= 4 is 27.7 Å². The molecule has 0 aliphatic heterocycles. The van der Waals surface area contributed by atoms with Crippen LogP contribution in [0.25, 0.3) is 0 Å². The minimum atomic E-state index is -3.67. The third-order valence-electron chi connectivity index (χ3n) is 2.40. The zero-order chi connectivity index (χ0) is 16.8. The first-order valence-corrected chi connectivity index (χ1v) is 7.43. The van der Waals surface area contributed by atoms with Gasteiger partial charge < -0.3 is 15.9 Å². The summed E-state index contributed by atoms with van der Waals surface area (Å²) in [6, 6.07) is 2.57. The average Bonchev–Trinajstić information content (AvgIpc) is 2.26. The molecular formula is C12H17NO7S. The summed E-state index contributed by atoms with van der Waals surface area (Å²) in [6.45, 7) is 3.11. The summed E-state index contributed by atoms with van der Waals surface area (Å²) in [5.41, 5.74) is 5.47. The number of hydrogen-bond donors (Lipinski definition) is 4. The van der Waals surface area contributed by atoms with E-state index >= 15 is 0 Å². The Bertz CT molecular complexity index is 637. The maximum absolute atomic E-state index is 10.7. The predicted molar refractivity (Wildman–Crippen MR) is 76.2 cm³/mol. The standard InChI is InChI=1S/C9H9NO4.C3H8O3S/c1-4-5(8(11)12)2-3-6(10)7(4)9(13)14;1-2-3-7(4,5)6/h2-3H,10H2,1H3,(H,11,12)(H,13,14);2-3H2,1H3,(H,4,5,6). The van der Waals surface area contributed by atoms with Crippen LogP contribution in [0.15, 0.2) is 12.1 Å². The van der Waals surface area contributed by atoms with Gasteiger partial charge in [-0.05, 0) is 31.0 Å². The quantitative estimate of drug-likeness (QED) is 0.477. The van der Waals surface area contributed by atoms with Crippen LogP contribution in [0.2, 0.25) is 0 Å². The number of benzene rings is 1. The molecular weight excluding hydrogens is 302 g/mol. The summed E-state index contributed by atoms with van der Waals surface area (Å²) >= 11 is 0. The van der Waals surface area contributed by atoms with Crippen molar-refractivity contribution in [2.24, 2.45) is 0 Å². The molecule has 0 spiro atoms. The van der Waals surface area contributed by atoms with Crippen LogP contribution in [0, 0.1) is 6.92 Å². The molecule has 0 aliphatic carbocycles. The number of nitrogen functional groups attached to an aromatic ring is 1. The number of hydrogen-bond acceptors (Lipinski definition) is 5. The van der Waals surface area contributed by atoms with Gasteiger partial charge in [-0.15, -0.1) is 0 Å². The van der Waals surface area contributed by atoms with E-state index in [0.717, 1.165) is 0 Å². The largest absolute Gasteiger partial charge is 0.478 e. The Morgan fingerprint density at radius 3 is 2.00 bits per heavy atom. The monoisotopic (exact) mass is 319 g/mol. The molecule has 0 fully saturated rings. The van der Waals surface area contributed by atoms with Gasteiger partial charge in [0.05, 0.1) is 16.9 Å². The Kier molecular flexibility index (Phi) is 6.83. The number of carbonyl (C=O) groups is 2. The van der Waals surface area contributed by atoms with Crippen molar-refractivity contribution < 1.29 is 32.8 Å². The Labute approximate surface area is 122 Å². The van der Waals surface area contributed by atoms with Gasteiger partial charge in [-0.1, -0.05) is 6.92 Å². The highest BCUT2D eigenvalue weighted by Crippen LogP contribution is 2.20. The van der Waals surface area contributed by atoms with Crippen molar-refractivity contribution in [1.29, 1.82) is 0 Å². The van der Waals surface area contributed by atoms with Crippen molar-refractivity contribution in [2.75, 3.05) is 11.5 Å². The Morgan fingerprint density at radius 1 is 1.19 bits per heavy atom. The summed E-state index contributed by atoms with van der Waals surface area (Å²) in [4.78, 5) is 21.4. The highest BCUT2D eigenvalue weighted by atomic mass is 32.2. The van der Waals surface area contributed by atoms with E-state index in [9.17, 15) is 18.0 Å². The third-order valence-corrected chi connectivity index (χ3v) is 3.33. The van der Waals surface area contributed by atoms with Crippen molar-refractivity contribution in [1.82, 2.24) is 0 Å². The first-order chi connectivity index (χ1) is 9.51. The molecule has 5 N–H and O–H groups in total. The zero-order valence-electron chi connectivity index (χ0n) is 11.5. The summed E-state index contributed by atoms with van der Waals surface area (Å²) in [6.07, 6.45) is 0.471. The van der Waals surface area contributed by atoms with Gasteiger partial charge in [0.15, 0.2) is 0 Å². The molecule has 0 saturated carbocycles. The molecule has 0 aliphatic rings. The van der Waals surface area contributed by atoms with Crippen LogP contribution >= 0.6 is 0 Å². The molecule has 21 heavy (non-hydrogen) atoms. The summed E-state index contributed by atoms with van der Waals surface area (Å²) < 4.78 is 27.6. The second-order valence-corrected chi connectivity index (χ2v) is 5.67. The molecule has 0 bridgehead atoms. The molecule has 8 nitrogen and oxygen atoms in total. The summed E-state index contributed by atoms with van der Waals surface area (Å²) in [7, 11) is -3.67. The lowest BCUT2D eigenvalue weighted by Gasteiger charge is -2.07. The third kappa shape index (κ3) is 6.23. The molecule has 1 aromatic rings. The lowest BCUT2D eigenvalue weighted by molar-refractivity contribution is 0.0696. The fourth-order valence-electron chi connectivity index (χ4n) is 1.51. The van der Waals surface area contributed by atoms with Gasteiger partial charge >= 0.3 is 11.9 Å². The van der Waals surface area contributed by atoms with Crippen molar-refractivity contribution in [3.63, 3.8) is 0 Å². The van der Waals surface area contributed by atoms with Gasteiger partial charge in [0.2, 0.25) is 0 Å². The van der Waals surface area contributed by atoms with Gasteiger partial charge in [0, 0.05) is 5.69 Å². The predicted octanol–water partition coefficient (Wildman–Crippen LogP) is 1.26. The number of carboxylic acids is 2. The minimum absolute atomic E-state index is 0.0448. The molecule has 1 rings (SSSR count). The van der Waals surface area contributed by atoms with E-state index in [0.29, 0.717) is 6.42 Å². The summed E-state index contributed by atoms with van der Waals surface area (Å²) in [5.74, 6) is -2.51. The average molecular weight is 319 g/mol. The highest BCUT2D eigenvalue weighted by molar-refractivity contribution is 7.85. The van der Waals surface area contributed by atoms with Gasteiger partial charge in [0.1, 0.15) is 0 Å². The molecule has 0 amide bonds. The number of anilines is 1. The van der Waals surface area contributed by atoms with Gasteiger partial charge in [-0.3, -0.25) is 4.55 Å². The second kappa shape index (κ2) is 7.60. The normalized spacial score (nSPS) is 10.4. The van der Waals surface area contributed by atoms with Gasteiger partial charge in [-0.25, -0.2) is 9.59 Å². The van der Waals surface area contributed by atoms with Crippen molar-refractivity contribution in [3.05, 3.63) is 28.8 Å². The van der Waals surface area contributed by atoms with E-state index in [1.165, 1.54) is 19.1 Å². The molecule has 0 atom stereocenters. The first-order valence-electron chi connectivity index (χ1n) is 5.82. The van der Waals surface area contributed by atoms with Crippen LogP contribution in [0.1, 0.15) is 39.6 Å². The van der Waals surface area contributed by atoms with E-state index in [2.05, 4.69) is 0 Å². The van der Waals surface area contributed by atoms with Crippen LogP contribution in [0.4, 0.5) is 5.69 Å². The van der Waals surface area contributed by atoms with E-state index < -0.39 is 22.1 Å². The first kappa shape index (κ1) is 18.9. The lowest BCUT2D eigenvalue weighted by atomic mass is 10.0. The van der Waals surface area contributed by atoms with Gasteiger partial charge in [-0.2, -0.15) is 8.42 Å². The van der Waals surface area contributed by atoms with Crippen LogP contribution in [-0.2, 0) is 10.1 Å². The fraction of sp³-hybridized carbons (Fsp3) is 0.333. The Balaban J connectivity index is 0.000000486. The molecule has 0 unspecified atom stereocenters. The van der Waals surface area contributed by atoms with Crippen LogP contribution in [-0.4, -0.2) is 40.9 Å².